The Kier molecular flexibility index (Phi) is 4.57. The van der Waals surface area contributed by atoms with Gasteiger partial charge in [0.1, 0.15) is 5.82 Å². The largest absolute Gasteiger partial charge is 0.345 e. The Hall–Kier alpha value is -3.61. The van der Waals surface area contributed by atoms with E-state index in [4.69, 9.17) is 0 Å². The fourth-order valence-corrected chi connectivity index (χ4v) is 3.02. The first-order valence-electron chi connectivity index (χ1n) is 8.84. The average Bonchev–Trinajstić information content (AvgIpc) is 3.22. The van der Waals surface area contributed by atoms with Gasteiger partial charge in [0.25, 0.3) is 5.91 Å². The fraction of sp³-hybridized carbons (Fsp3) is 0.143. The molecular formula is C21H18FN5O. The number of rotatable bonds is 4. The molecule has 3 heterocycles. The van der Waals surface area contributed by atoms with Crippen LogP contribution in [0.3, 0.4) is 0 Å². The third-order valence-electron chi connectivity index (χ3n) is 4.59. The number of carbonyl (C=O) groups excluding carboxylic acids is 1. The lowest BCUT2D eigenvalue weighted by molar-refractivity contribution is 0.0941. The van der Waals surface area contributed by atoms with E-state index in [1.165, 1.54) is 12.1 Å². The predicted molar refractivity (Wildman–Crippen MR) is 104 cm³/mol. The Morgan fingerprint density at radius 1 is 1.18 bits per heavy atom. The van der Waals surface area contributed by atoms with Gasteiger partial charge in [0.2, 0.25) is 0 Å². The van der Waals surface area contributed by atoms with Crippen molar-refractivity contribution in [3.63, 3.8) is 0 Å². The monoisotopic (exact) mass is 375 g/mol. The van der Waals surface area contributed by atoms with E-state index in [9.17, 15) is 9.18 Å². The SMILES string of the molecule is Cc1ccc([C@H](C)NC(=O)c2cc(-c3cn[nH]c3)nc3ccc(F)cc23)cn1. The first kappa shape index (κ1) is 17.8. The second-order valence-electron chi connectivity index (χ2n) is 6.63. The van der Waals surface area contributed by atoms with Crippen LogP contribution in [0.1, 0.15) is 34.6 Å². The Bertz CT molecular complexity index is 1140. The number of aromatic nitrogens is 4. The molecule has 7 heteroatoms. The molecule has 140 valence electrons. The number of amides is 1. The van der Waals surface area contributed by atoms with E-state index in [1.807, 2.05) is 26.0 Å². The van der Waals surface area contributed by atoms with Crippen LogP contribution in [0.4, 0.5) is 4.39 Å². The zero-order valence-electron chi connectivity index (χ0n) is 15.4. The molecular weight excluding hydrogens is 357 g/mol. The second-order valence-corrected chi connectivity index (χ2v) is 6.63. The van der Waals surface area contributed by atoms with Crippen LogP contribution < -0.4 is 5.32 Å². The first-order valence-corrected chi connectivity index (χ1v) is 8.84. The third kappa shape index (κ3) is 3.46. The van der Waals surface area contributed by atoms with Crippen LogP contribution in [0.25, 0.3) is 22.2 Å². The predicted octanol–water partition coefficient (Wildman–Crippen LogP) is 3.96. The van der Waals surface area contributed by atoms with Crippen molar-refractivity contribution in [3.05, 3.63) is 77.6 Å². The maximum Gasteiger partial charge on any atom is 0.252 e. The van der Waals surface area contributed by atoms with E-state index < -0.39 is 5.82 Å². The fourth-order valence-electron chi connectivity index (χ4n) is 3.02. The number of nitrogens with zero attached hydrogens (tertiary/aromatic N) is 3. The molecule has 0 aliphatic carbocycles. The van der Waals surface area contributed by atoms with E-state index in [0.717, 1.165) is 16.8 Å². The van der Waals surface area contributed by atoms with Gasteiger partial charge < -0.3 is 5.32 Å². The smallest absolute Gasteiger partial charge is 0.252 e. The van der Waals surface area contributed by atoms with Crippen molar-refractivity contribution in [2.75, 3.05) is 0 Å². The summed E-state index contributed by atoms with van der Waals surface area (Å²) in [6, 6.07) is 9.45. The van der Waals surface area contributed by atoms with Crippen molar-refractivity contribution >= 4 is 16.8 Å². The van der Waals surface area contributed by atoms with Gasteiger partial charge in [-0.1, -0.05) is 6.07 Å². The van der Waals surface area contributed by atoms with E-state index >= 15 is 0 Å². The van der Waals surface area contributed by atoms with Crippen LogP contribution >= 0.6 is 0 Å². The number of carbonyl (C=O) groups is 1. The molecule has 2 N–H and O–H groups in total. The number of benzene rings is 1. The molecule has 1 amide bonds. The molecule has 4 rings (SSSR count). The molecule has 0 spiro atoms. The zero-order chi connectivity index (χ0) is 19.7. The van der Waals surface area contributed by atoms with E-state index in [0.29, 0.717) is 22.2 Å². The summed E-state index contributed by atoms with van der Waals surface area (Å²) in [5.74, 6) is -0.731. The molecule has 6 nitrogen and oxygen atoms in total. The van der Waals surface area contributed by atoms with Crippen molar-refractivity contribution in [1.82, 2.24) is 25.5 Å². The summed E-state index contributed by atoms with van der Waals surface area (Å²) >= 11 is 0. The minimum absolute atomic E-state index is 0.255. The molecule has 4 aromatic rings. The second kappa shape index (κ2) is 7.19. The first-order chi connectivity index (χ1) is 13.5. The van der Waals surface area contributed by atoms with Crippen LogP contribution in [0.15, 0.2) is 55.0 Å². The average molecular weight is 375 g/mol. The van der Waals surface area contributed by atoms with Gasteiger partial charge in [-0.25, -0.2) is 9.37 Å². The molecule has 1 atom stereocenters. The van der Waals surface area contributed by atoms with Crippen molar-refractivity contribution in [3.8, 4) is 11.3 Å². The summed E-state index contributed by atoms with van der Waals surface area (Å²) < 4.78 is 13.8. The highest BCUT2D eigenvalue weighted by atomic mass is 19.1. The molecule has 1 aromatic carbocycles. The number of pyridine rings is 2. The van der Waals surface area contributed by atoms with Crippen molar-refractivity contribution in [1.29, 1.82) is 0 Å². The van der Waals surface area contributed by atoms with Gasteiger partial charge in [0.05, 0.1) is 29.0 Å². The Morgan fingerprint density at radius 3 is 2.75 bits per heavy atom. The Labute approximate surface area is 160 Å². The Balaban J connectivity index is 1.74. The molecule has 0 fully saturated rings. The molecule has 0 saturated heterocycles. The van der Waals surface area contributed by atoms with Crippen LogP contribution in [0, 0.1) is 12.7 Å². The minimum Gasteiger partial charge on any atom is -0.345 e. The lowest BCUT2D eigenvalue weighted by Crippen LogP contribution is -2.27. The maximum absolute atomic E-state index is 13.8. The number of hydrogen-bond donors (Lipinski definition) is 2. The lowest BCUT2D eigenvalue weighted by atomic mass is 10.0. The molecule has 0 aliphatic heterocycles. The standard InChI is InChI=1S/C21H18FN5O/c1-12-3-4-14(9-23-12)13(2)26-21(28)18-8-20(15-10-24-25-11-15)27-19-6-5-16(22)7-17(18)19/h3-11,13H,1-2H3,(H,24,25)(H,26,28)/t13-/m0/s1. The molecule has 0 saturated carbocycles. The summed E-state index contributed by atoms with van der Waals surface area (Å²) in [6.45, 7) is 3.78. The van der Waals surface area contributed by atoms with Gasteiger partial charge in [-0.2, -0.15) is 5.10 Å². The van der Waals surface area contributed by atoms with Crippen LogP contribution in [0.5, 0.6) is 0 Å². The molecule has 0 aliphatic rings. The summed E-state index contributed by atoms with van der Waals surface area (Å²) in [6.07, 6.45) is 5.06. The normalized spacial score (nSPS) is 12.1. The van der Waals surface area contributed by atoms with Gasteiger partial charge in [0, 0.05) is 29.0 Å². The summed E-state index contributed by atoms with van der Waals surface area (Å²) in [5.41, 5.74) is 4.02. The highest BCUT2D eigenvalue weighted by molar-refractivity contribution is 6.07. The van der Waals surface area contributed by atoms with Gasteiger partial charge >= 0.3 is 0 Å². The molecule has 0 radical (unpaired) electrons. The summed E-state index contributed by atoms with van der Waals surface area (Å²) in [4.78, 5) is 21.8. The topological polar surface area (TPSA) is 83.6 Å². The number of hydrogen-bond acceptors (Lipinski definition) is 4. The van der Waals surface area contributed by atoms with Crippen molar-refractivity contribution < 1.29 is 9.18 Å². The zero-order valence-corrected chi connectivity index (χ0v) is 15.4. The van der Waals surface area contributed by atoms with E-state index in [1.54, 1.807) is 30.7 Å². The van der Waals surface area contributed by atoms with Crippen molar-refractivity contribution in [2.24, 2.45) is 0 Å². The van der Waals surface area contributed by atoms with Gasteiger partial charge in [-0.05, 0) is 49.7 Å². The number of aryl methyl sites for hydroxylation is 1. The molecule has 3 aromatic heterocycles. The number of H-pyrrole nitrogens is 1. The van der Waals surface area contributed by atoms with Gasteiger partial charge in [-0.3, -0.25) is 14.9 Å². The third-order valence-corrected chi connectivity index (χ3v) is 4.59. The minimum atomic E-state index is -0.421. The van der Waals surface area contributed by atoms with E-state index in [2.05, 4.69) is 25.5 Å². The number of aromatic amines is 1. The quantitative estimate of drug-likeness (QED) is 0.566. The van der Waals surface area contributed by atoms with Crippen LogP contribution in [0.2, 0.25) is 0 Å². The van der Waals surface area contributed by atoms with Crippen molar-refractivity contribution in [2.45, 2.75) is 19.9 Å². The highest BCUT2D eigenvalue weighted by Gasteiger charge is 2.17. The van der Waals surface area contributed by atoms with Gasteiger partial charge in [-0.15, -0.1) is 0 Å². The number of halogens is 1. The number of nitrogens with one attached hydrogen (secondary N) is 2. The lowest BCUT2D eigenvalue weighted by Gasteiger charge is -2.16. The van der Waals surface area contributed by atoms with Gasteiger partial charge in [0.15, 0.2) is 0 Å². The summed E-state index contributed by atoms with van der Waals surface area (Å²) in [7, 11) is 0. The number of fused-ring (bicyclic) bond motifs is 1. The summed E-state index contributed by atoms with van der Waals surface area (Å²) in [5, 5.41) is 10.1. The molecule has 0 unspecified atom stereocenters. The molecule has 28 heavy (non-hydrogen) atoms. The highest BCUT2D eigenvalue weighted by Crippen LogP contribution is 2.25. The van der Waals surface area contributed by atoms with Crippen LogP contribution in [-0.4, -0.2) is 26.1 Å². The Morgan fingerprint density at radius 2 is 2.04 bits per heavy atom. The molecule has 0 bridgehead atoms. The maximum atomic E-state index is 13.8. The van der Waals surface area contributed by atoms with Crippen LogP contribution in [-0.2, 0) is 0 Å². The van der Waals surface area contributed by atoms with E-state index in [-0.39, 0.29) is 11.9 Å².